The van der Waals surface area contributed by atoms with Crippen LogP contribution in [0.2, 0.25) is 0 Å². The molecule has 2 atom stereocenters. The van der Waals surface area contributed by atoms with Crippen LogP contribution in [-0.4, -0.2) is 36.8 Å². The van der Waals surface area contributed by atoms with E-state index in [1.165, 1.54) is 6.42 Å². The highest BCUT2D eigenvalue weighted by atomic mass is 32.2. The molecule has 2 unspecified atom stereocenters. The van der Waals surface area contributed by atoms with Crippen molar-refractivity contribution in [1.29, 1.82) is 0 Å². The van der Waals surface area contributed by atoms with Crippen LogP contribution in [0.25, 0.3) is 15.7 Å². The van der Waals surface area contributed by atoms with Gasteiger partial charge in [0.1, 0.15) is 12.5 Å². The molecule has 1 aromatic heterocycles. The number of fused-ring (bicyclic) bond motifs is 1. The van der Waals surface area contributed by atoms with Crippen LogP contribution in [0.3, 0.4) is 0 Å². The lowest BCUT2D eigenvalue weighted by Crippen LogP contribution is -2.47. The summed E-state index contributed by atoms with van der Waals surface area (Å²) in [5, 5.41) is 12.2. The number of halogens is 1. The summed E-state index contributed by atoms with van der Waals surface area (Å²) in [4.78, 5) is 6.51. The molecule has 0 aliphatic carbocycles. The third kappa shape index (κ3) is 6.42. The highest BCUT2D eigenvalue weighted by molar-refractivity contribution is 8.11. The SMILES string of the molecule is C=C(CC(CC1CCN1)NCCF)Nc1cc2cc(C(=C)SC(=C)C)ccc2cn1. The quantitative estimate of drug-likeness (QED) is 0.420. The van der Waals surface area contributed by atoms with Gasteiger partial charge in [-0.2, -0.15) is 0 Å². The zero-order valence-corrected chi connectivity index (χ0v) is 18.5. The molecule has 0 radical (unpaired) electrons. The van der Waals surface area contributed by atoms with Gasteiger partial charge in [0, 0.05) is 47.2 Å². The smallest absolute Gasteiger partial charge is 0.130 e. The molecule has 3 N–H and O–H groups in total. The highest BCUT2D eigenvalue weighted by Crippen LogP contribution is 2.32. The first-order valence-corrected chi connectivity index (χ1v) is 11.2. The first-order chi connectivity index (χ1) is 14.4. The normalized spacial score (nSPS) is 16.7. The number of pyridine rings is 1. The molecule has 0 amide bonds. The van der Waals surface area contributed by atoms with E-state index in [4.69, 9.17) is 0 Å². The molecule has 4 nitrogen and oxygen atoms in total. The van der Waals surface area contributed by atoms with Gasteiger partial charge in [0.15, 0.2) is 0 Å². The van der Waals surface area contributed by atoms with E-state index in [1.54, 1.807) is 11.8 Å². The average Bonchev–Trinajstić information content (AvgIpc) is 2.67. The van der Waals surface area contributed by atoms with Crippen LogP contribution in [-0.2, 0) is 0 Å². The van der Waals surface area contributed by atoms with Crippen molar-refractivity contribution in [2.45, 2.75) is 38.3 Å². The van der Waals surface area contributed by atoms with E-state index in [2.05, 4.69) is 58.9 Å². The number of alkyl halides is 1. The van der Waals surface area contributed by atoms with E-state index < -0.39 is 0 Å². The Hall–Kier alpha value is -2.15. The summed E-state index contributed by atoms with van der Waals surface area (Å²) in [6, 6.07) is 8.97. The van der Waals surface area contributed by atoms with Crippen LogP contribution < -0.4 is 16.0 Å². The summed E-state index contributed by atoms with van der Waals surface area (Å²) in [6.45, 7) is 15.3. The number of hydrogen-bond acceptors (Lipinski definition) is 5. The van der Waals surface area contributed by atoms with E-state index in [1.807, 2.05) is 19.2 Å². The van der Waals surface area contributed by atoms with Crippen molar-refractivity contribution in [3.8, 4) is 0 Å². The second-order valence-electron chi connectivity index (χ2n) is 7.81. The largest absolute Gasteiger partial charge is 0.344 e. The first-order valence-electron chi connectivity index (χ1n) is 10.3. The second kappa shape index (κ2) is 10.8. The Labute approximate surface area is 183 Å². The number of hydrogen-bond donors (Lipinski definition) is 3. The molecule has 160 valence electrons. The van der Waals surface area contributed by atoms with Gasteiger partial charge < -0.3 is 16.0 Å². The minimum Gasteiger partial charge on any atom is -0.344 e. The molecule has 1 saturated heterocycles. The Morgan fingerprint density at radius 3 is 2.77 bits per heavy atom. The topological polar surface area (TPSA) is 49.0 Å². The molecule has 30 heavy (non-hydrogen) atoms. The Kier molecular flexibility index (Phi) is 8.08. The third-order valence-electron chi connectivity index (χ3n) is 5.16. The van der Waals surface area contributed by atoms with Gasteiger partial charge >= 0.3 is 0 Å². The van der Waals surface area contributed by atoms with Gasteiger partial charge in [-0.1, -0.05) is 43.6 Å². The van der Waals surface area contributed by atoms with Gasteiger partial charge in [-0.05, 0) is 54.3 Å². The maximum atomic E-state index is 12.6. The number of benzene rings is 1. The van der Waals surface area contributed by atoms with Gasteiger partial charge in [0.2, 0.25) is 0 Å². The van der Waals surface area contributed by atoms with Crippen molar-refractivity contribution in [3.05, 3.63) is 66.4 Å². The number of allylic oxidation sites excluding steroid dienone is 1. The summed E-state index contributed by atoms with van der Waals surface area (Å²) in [5.41, 5.74) is 1.95. The number of anilines is 1. The summed E-state index contributed by atoms with van der Waals surface area (Å²) < 4.78 is 12.6. The third-order valence-corrected chi connectivity index (χ3v) is 5.99. The van der Waals surface area contributed by atoms with Crippen molar-refractivity contribution in [2.24, 2.45) is 0 Å². The van der Waals surface area contributed by atoms with Crippen LogP contribution in [0, 0.1) is 0 Å². The molecule has 1 aliphatic rings. The van der Waals surface area contributed by atoms with Crippen LogP contribution in [0.15, 0.2) is 60.8 Å². The predicted octanol–water partition coefficient (Wildman–Crippen LogP) is 5.47. The first kappa shape index (κ1) is 22.5. The predicted molar refractivity (Wildman–Crippen MR) is 129 cm³/mol. The van der Waals surface area contributed by atoms with Crippen molar-refractivity contribution in [1.82, 2.24) is 15.6 Å². The Bertz CT molecular complexity index is 923. The van der Waals surface area contributed by atoms with E-state index in [0.717, 1.165) is 57.0 Å². The summed E-state index contributed by atoms with van der Waals surface area (Å²) >= 11 is 1.58. The Balaban J connectivity index is 1.66. The molecule has 0 bridgehead atoms. The number of aromatic nitrogens is 1. The molecule has 3 rings (SSSR count). The molecule has 0 saturated carbocycles. The van der Waals surface area contributed by atoms with E-state index >= 15 is 0 Å². The van der Waals surface area contributed by atoms with Gasteiger partial charge in [-0.3, -0.25) is 0 Å². The maximum absolute atomic E-state index is 12.6. The molecular weight excluding hydrogens is 395 g/mol. The molecule has 0 spiro atoms. The fraction of sp³-hybridized carbons (Fsp3) is 0.375. The minimum atomic E-state index is -0.363. The summed E-state index contributed by atoms with van der Waals surface area (Å²) in [5.74, 6) is 0.758. The van der Waals surface area contributed by atoms with Crippen LogP contribution in [0.5, 0.6) is 0 Å². The lowest BCUT2D eigenvalue weighted by molar-refractivity contribution is 0.301. The van der Waals surface area contributed by atoms with Gasteiger partial charge in [-0.15, -0.1) is 0 Å². The lowest BCUT2D eigenvalue weighted by atomic mass is 9.96. The molecular formula is C24H31FN4S. The average molecular weight is 427 g/mol. The van der Waals surface area contributed by atoms with Gasteiger partial charge in [-0.25, -0.2) is 9.37 Å². The highest BCUT2D eigenvalue weighted by Gasteiger charge is 2.21. The Morgan fingerprint density at radius 2 is 2.10 bits per heavy atom. The monoisotopic (exact) mass is 426 g/mol. The minimum absolute atomic E-state index is 0.188. The van der Waals surface area contributed by atoms with Crippen LogP contribution >= 0.6 is 11.8 Å². The molecule has 2 heterocycles. The molecule has 2 aromatic rings. The number of thioether (sulfide) groups is 1. The van der Waals surface area contributed by atoms with Crippen molar-refractivity contribution in [2.75, 3.05) is 25.1 Å². The van der Waals surface area contributed by atoms with Crippen molar-refractivity contribution < 1.29 is 4.39 Å². The summed E-state index contributed by atoms with van der Waals surface area (Å²) in [6.07, 6.45) is 4.74. The van der Waals surface area contributed by atoms with Gasteiger partial charge in [0.25, 0.3) is 0 Å². The zero-order valence-electron chi connectivity index (χ0n) is 17.6. The van der Waals surface area contributed by atoms with Crippen LogP contribution in [0.1, 0.15) is 31.7 Å². The molecule has 1 aromatic carbocycles. The van der Waals surface area contributed by atoms with E-state index in [0.29, 0.717) is 12.6 Å². The zero-order chi connectivity index (χ0) is 21.5. The van der Waals surface area contributed by atoms with Crippen molar-refractivity contribution in [3.63, 3.8) is 0 Å². The fourth-order valence-electron chi connectivity index (χ4n) is 3.57. The van der Waals surface area contributed by atoms with E-state index in [9.17, 15) is 4.39 Å². The van der Waals surface area contributed by atoms with Crippen molar-refractivity contribution >= 4 is 33.3 Å². The second-order valence-corrected chi connectivity index (χ2v) is 9.20. The molecule has 1 fully saturated rings. The van der Waals surface area contributed by atoms with E-state index in [-0.39, 0.29) is 12.7 Å². The number of nitrogens with zero attached hydrogens (tertiary/aromatic N) is 1. The molecule has 6 heteroatoms. The molecule has 1 aliphatic heterocycles. The fourth-order valence-corrected chi connectivity index (χ4v) is 4.24. The van der Waals surface area contributed by atoms with Crippen LogP contribution in [0.4, 0.5) is 10.2 Å². The lowest BCUT2D eigenvalue weighted by Gasteiger charge is -2.32. The van der Waals surface area contributed by atoms with Gasteiger partial charge in [0.05, 0.1) is 0 Å². The standard InChI is InChI=1S/C24H31FN4S/c1-16(2)30-18(4)19-5-6-20-15-28-24(13-21(20)12-19)29-17(3)11-23(27-10-8-25)14-22-7-9-26-22/h5-6,12-13,15,22-23,26-27H,1,3-4,7-11,14H2,2H3,(H,28,29). The summed E-state index contributed by atoms with van der Waals surface area (Å²) in [7, 11) is 0. The number of rotatable bonds is 12. The number of nitrogens with one attached hydrogen (secondary N) is 3. The maximum Gasteiger partial charge on any atom is 0.130 e. The Morgan fingerprint density at radius 1 is 1.30 bits per heavy atom.